The van der Waals surface area contributed by atoms with Crippen LogP contribution in [0.5, 0.6) is 5.75 Å². The molecule has 0 radical (unpaired) electrons. The average Bonchev–Trinajstić information content (AvgIpc) is 2.85. The molecule has 2 atom stereocenters. The average molecular weight is 320 g/mol. The lowest BCUT2D eigenvalue weighted by molar-refractivity contribution is 0.0505. The first-order chi connectivity index (χ1) is 10.8. The predicted molar refractivity (Wildman–Crippen MR) is 92.2 cm³/mol. The lowest BCUT2D eigenvalue weighted by Crippen LogP contribution is -2.38. The largest absolute Gasteiger partial charge is 0.495 e. The van der Waals surface area contributed by atoms with Crippen LogP contribution in [0.3, 0.4) is 0 Å². The number of benzene rings is 1. The number of amides is 1. The van der Waals surface area contributed by atoms with Gasteiger partial charge in [0.2, 0.25) is 0 Å². The number of ether oxygens (including phenoxy) is 2. The highest BCUT2D eigenvalue weighted by Crippen LogP contribution is 2.30. The summed E-state index contributed by atoms with van der Waals surface area (Å²) < 4.78 is 10.7. The summed E-state index contributed by atoms with van der Waals surface area (Å²) in [5.74, 6) is 0.855. The van der Waals surface area contributed by atoms with Crippen molar-refractivity contribution in [2.45, 2.75) is 64.6 Å². The molecule has 2 N–H and O–H groups in total. The Balaban J connectivity index is 1.87. The first kappa shape index (κ1) is 17.4. The fourth-order valence-electron chi connectivity index (χ4n) is 2.86. The van der Waals surface area contributed by atoms with Crippen LogP contribution in [-0.2, 0) is 4.74 Å². The van der Waals surface area contributed by atoms with Gasteiger partial charge in [-0.2, -0.15) is 0 Å². The zero-order valence-electron chi connectivity index (χ0n) is 14.7. The molecule has 0 bridgehead atoms. The van der Waals surface area contributed by atoms with Crippen LogP contribution in [0.2, 0.25) is 0 Å². The van der Waals surface area contributed by atoms with Gasteiger partial charge in [0, 0.05) is 12.1 Å². The van der Waals surface area contributed by atoms with Crippen molar-refractivity contribution in [1.29, 1.82) is 0 Å². The van der Waals surface area contributed by atoms with E-state index < -0.39 is 5.60 Å². The zero-order valence-corrected chi connectivity index (χ0v) is 14.7. The summed E-state index contributed by atoms with van der Waals surface area (Å²) >= 11 is 0. The van der Waals surface area contributed by atoms with Crippen LogP contribution in [0.25, 0.3) is 0 Å². The summed E-state index contributed by atoms with van der Waals surface area (Å²) in [6, 6.07) is 6.61. The smallest absolute Gasteiger partial charge is 0.407 e. The number of hydrogen-bond donors (Lipinski definition) is 2. The van der Waals surface area contributed by atoms with Crippen molar-refractivity contribution in [3.05, 3.63) is 23.8 Å². The van der Waals surface area contributed by atoms with Gasteiger partial charge in [0.25, 0.3) is 0 Å². The second kappa shape index (κ2) is 7.11. The molecule has 0 saturated heterocycles. The van der Waals surface area contributed by atoms with Crippen LogP contribution < -0.4 is 15.4 Å². The van der Waals surface area contributed by atoms with E-state index in [1.807, 2.05) is 39.8 Å². The number of aryl methyl sites for hydroxylation is 1. The first-order valence-corrected chi connectivity index (χ1v) is 8.17. The van der Waals surface area contributed by atoms with Crippen molar-refractivity contribution in [2.24, 2.45) is 0 Å². The van der Waals surface area contributed by atoms with E-state index in [1.54, 1.807) is 7.11 Å². The third-order valence-corrected chi connectivity index (χ3v) is 3.87. The van der Waals surface area contributed by atoms with Crippen LogP contribution in [0.1, 0.15) is 45.6 Å². The van der Waals surface area contributed by atoms with Gasteiger partial charge in [-0.1, -0.05) is 6.07 Å². The van der Waals surface area contributed by atoms with Gasteiger partial charge in [-0.3, -0.25) is 0 Å². The zero-order chi connectivity index (χ0) is 17.0. The Morgan fingerprint density at radius 2 is 1.91 bits per heavy atom. The number of hydrogen-bond acceptors (Lipinski definition) is 4. The standard InChI is InChI=1S/C18H28N2O3/c1-12-6-9-15(16(10-12)22-5)19-13-7-8-14(11-13)20-17(21)23-18(2,3)4/h6,9-10,13-14,19H,7-8,11H2,1-5H3,(H,20,21). The number of carbonyl (C=O) groups excluding carboxylic acids is 1. The molecule has 1 saturated carbocycles. The van der Waals surface area contributed by atoms with E-state index in [4.69, 9.17) is 9.47 Å². The van der Waals surface area contributed by atoms with Crippen molar-refractivity contribution < 1.29 is 14.3 Å². The molecule has 1 aliphatic rings. The number of alkyl carbamates (subject to hydrolysis) is 1. The molecular formula is C18H28N2O3. The SMILES string of the molecule is COc1cc(C)ccc1NC1CCC(NC(=O)OC(C)(C)C)C1. The minimum Gasteiger partial charge on any atom is -0.495 e. The number of carbonyl (C=O) groups is 1. The summed E-state index contributed by atoms with van der Waals surface area (Å²) in [5.41, 5.74) is 1.71. The molecule has 2 rings (SSSR count). The van der Waals surface area contributed by atoms with Gasteiger partial charge in [0.1, 0.15) is 11.4 Å². The molecule has 128 valence electrons. The number of rotatable bonds is 4. The van der Waals surface area contributed by atoms with E-state index in [0.717, 1.165) is 30.7 Å². The number of nitrogens with one attached hydrogen (secondary N) is 2. The molecule has 1 aromatic rings. The summed E-state index contributed by atoms with van der Waals surface area (Å²) in [5, 5.41) is 6.48. The molecule has 0 aliphatic heterocycles. The van der Waals surface area contributed by atoms with Gasteiger partial charge in [-0.15, -0.1) is 0 Å². The molecule has 0 heterocycles. The Bertz CT molecular complexity index is 552. The minimum absolute atomic E-state index is 0.152. The van der Waals surface area contributed by atoms with E-state index in [0.29, 0.717) is 6.04 Å². The normalized spacial score (nSPS) is 20.9. The monoisotopic (exact) mass is 320 g/mol. The van der Waals surface area contributed by atoms with Crippen molar-refractivity contribution in [3.8, 4) is 5.75 Å². The third kappa shape index (κ3) is 5.34. The number of methoxy groups -OCH3 is 1. The van der Waals surface area contributed by atoms with Gasteiger partial charge >= 0.3 is 6.09 Å². The Hall–Kier alpha value is -1.91. The maximum absolute atomic E-state index is 11.8. The molecule has 1 aromatic carbocycles. The summed E-state index contributed by atoms with van der Waals surface area (Å²) in [7, 11) is 1.68. The Labute approximate surface area is 138 Å². The Kier molecular flexibility index (Phi) is 5.39. The third-order valence-electron chi connectivity index (χ3n) is 3.87. The van der Waals surface area contributed by atoms with E-state index >= 15 is 0 Å². The molecule has 0 aromatic heterocycles. The van der Waals surface area contributed by atoms with Gasteiger partial charge in [0.15, 0.2) is 0 Å². The lowest BCUT2D eigenvalue weighted by Gasteiger charge is -2.22. The molecule has 2 unspecified atom stereocenters. The molecule has 5 heteroatoms. The van der Waals surface area contributed by atoms with E-state index in [2.05, 4.69) is 16.7 Å². The van der Waals surface area contributed by atoms with Crippen LogP contribution in [-0.4, -0.2) is 30.9 Å². The van der Waals surface area contributed by atoms with Gasteiger partial charge in [-0.25, -0.2) is 4.79 Å². The van der Waals surface area contributed by atoms with E-state index in [9.17, 15) is 4.79 Å². The van der Waals surface area contributed by atoms with Crippen LogP contribution in [0, 0.1) is 6.92 Å². The second-order valence-corrected chi connectivity index (χ2v) is 7.20. The molecule has 1 amide bonds. The second-order valence-electron chi connectivity index (χ2n) is 7.20. The maximum atomic E-state index is 11.8. The van der Waals surface area contributed by atoms with Gasteiger partial charge < -0.3 is 20.1 Å². The highest BCUT2D eigenvalue weighted by molar-refractivity contribution is 5.68. The fraction of sp³-hybridized carbons (Fsp3) is 0.611. The lowest BCUT2D eigenvalue weighted by atomic mass is 10.1. The van der Waals surface area contributed by atoms with Crippen LogP contribution >= 0.6 is 0 Å². The molecule has 0 spiro atoms. The quantitative estimate of drug-likeness (QED) is 0.884. The molecule has 1 aliphatic carbocycles. The summed E-state index contributed by atoms with van der Waals surface area (Å²) in [6.07, 6.45) is 2.51. The molecule has 5 nitrogen and oxygen atoms in total. The molecular weight excluding hydrogens is 292 g/mol. The van der Waals surface area contributed by atoms with Crippen molar-refractivity contribution in [1.82, 2.24) is 5.32 Å². The van der Waals surface area contributed by atoms with Crippen molar-refractivity contribution in [2.75, 3.05) is 12.4 Å². The van der Waals surface area contributed by atoms with E-state index in [-0.39, 0.29) is 12.1 Å². The fourth-order valence-corrected chi connectivity index (χ4v) is 2.86. The van der Waals surface area contributed by atoms with E-state index in [1.165, 1.54) is 5.56 Å². The maximum Gasteiger partial charge on any atom is 0.407 e. The van der Waals surface area contributed by atoms with Crippen LogP contribution in [0.15, 0.2) is 18.2 Å². The number of anilines is 1. The summed E-state index contributed by atoms with van der Waals surface area (Å²) in [4.78, 5) is 11.8. The predicted octanol–water partition coefficient (Wildman–Crippen LogP) is 3.86. The van der Waals surface area contributed by atoms with Gasteiger partial charge in [0.05, 0.1) is 12.8 Å². The van der Waals surface area contributed by atoms with Crippen molar-refractivity contribution in [3.63, 3.8) is 0 Å². The summed E-state index contributed by atoms with van der Waals surface area (Å²) in [6.45, 7) is 7.66. The Morgan fingerprint density at radius 3 is 2.57 bits per heavy atom. The topological polar surface area (TPSA) is 59.6 Å². The Morgan fingerprint density at radius 1 is 1.22 bits per heavy atom. The van der Waals surface area contributed by atoms with Crippen LogP contribution in [0.4, 0.5) is 10.5 Å². The molecule has 1 fully saturated rings. The van der Waals surface area contributed by atoms with Gasteiger partial charge in [-0.05, 0) is 64.7 Å². The molecule has 23 heavy (non-hydrogen) atoms. The first-order valence-electron chi connectivity index (χ1n) is 8.17. The highest BCUT2D eigenvalue weighted by atomic mass is 16.6. The highest BCUT2D eigenvalue weighted by Gasteiger charge is 2.28. The van der Waals surface area contributed by atoms with Crippen molar-refractivity contribution >= 4 is 11.8 Å². The minimum atomic E-state index is -0.463.